The number of rotatable bonds is 6. The fraction of sp³-hybridized carbons (Fsp3) is 0.500. The lowest BCUT2D eigenvalue weighted by Crippen LogP contribution is -2.44. The Morgan fingerprint density at radius 1 is 1.26 bits per heavy atom. The Morgan fingerprint density at radius 2 is 1.95 bits per heavy atom. The van der Waals surface area contributed by atoms with E-state index in [4.69, 9.17) is 0 Å². The molecule has 3 nitrogen and oxygen atoms in total. The highest BCUT2D eigenvalue weighted by Gasteiger charge is 2.13. The summed E-state index contributed by atoms with van der Waals surface area (Å²) in [4.78, 5) is 11.7. The number of hydrogen-bond acceptors (Lipinski definition) is 2. The molecular formula is C14H20F2N2O. The van der Waals surface area contributed by atoms with Gasteiger partial charge in [0.15, 0.2) is 0 Å². The van der Waals surface area contributed by atoms with Gasteiger partial charge in [-0.3, -0.25) is 4.79 Å². The second-order valence-corrected chi connectivity index (χ2v) is 4.81. The van der Waals surface area contributed by atoms with Gasteiger partial charge in [-0.1, -0.05) is 18.2 Å². The minimum Gasteiger partial charge on any atom is -0.353 e. The molecule has 19 heavy (non-hydrogen) atoms. The van der Waals surface area contributed by atoms with Crippen LogP contribution in [-0.2, 0) is 11.3 Å². The molecular weight excluding hydrogens is 250 g/mol. The number of halogens is 2. The van der Waals surface area contributed by atoms with Crippen molar-refractivity contribution in [2.45, 2.75) is 45.8 Å². The normalized spacial score (nSPS) is 12.8. The minimum atomic E-state index is -2.47. The van der Waals surface area contributed by atoms with E-state index in [-0.39, 0.29) is 23.6 Å². The molecule has 106 valence electrons. The van der Waals surface area contributed by atoms with Crippen LogP contribution >= 0.6 is 0 Å². The summed E-state index contributed by atoms with van der Waals surface area (Å²) in [6, 6.07) is 5.91. The maximum atomic E-state index is 12.5. The van der Waals surface area contributed by atoms with Crippen LogP contribution in [0.2, 0.25) is 0 Å². The third kappa shape index (κ3) is 5.34. The van der Waals surface area contributed by atoms with Crippen molar-refractivity contribution < 1.29 is 13.6 Å². The van der Waals surface area contributed by atoms with E-state index in [1.807, 2.05) is 13.8 Å². The van der Waals surface area contributed by atoms with Crippen molar-refractivity contribution in [1.82, 2.24) is 10.6 Å². The van der Waals surface area contributed by atoms with Crippen LogP contribution in [0, 0.1) is 0 Å². The van der Waals surface area contributed by atoms with Gasteiger partial charge in [0.25, 0.3) is 6.43 Å². The Kier molecular flexibility index (Phi) is 5.89. The summed E-state index contributed by atoms with van der Waals surface area (Å²) in [5.41, 5.74) is 0.737. The molecule has 0 radical (unpaired) electrons. The fourth-order valence-corrected chi connectivity index (χ4v) is 1.61. The Bertz CT molecular complexity index is 422. The van der Waals surface area contributed by atoms with E-state index in [2.05, 4.69) is 10.6 Å². The molecule has 1 amide bonds. The van der Waals surface area contributed by atoms with E-state index in [1.54, 1.807) is 19.1 Å². The third-order valence-corrected chi connectivity index (χ3v) is 2.64. The molecule has 1 unspecified atom stereocenters. The molecule has 0 aliphatic rings. The first kappa shape index (κ1) is 15.6. The Hall–Kier alpha value is -1.49. The SMILES string of the molecule is CC(C)NC(=O)C(C)NCc1cccc(C(F)F)c1. The summed E-state index contributed by atoms with van der Waals surface area (Å²) in [5, 5.41) is 5.80. The van der Waals surface area contributed by atoms with Gasteiger partial charge in [0.1, 0.15) is 0 Å². The highest BCUT2D eigenvalue weighted by atomic mass is 19.3. The Balaban J connectivity index is 2.52. The van der Waals surface area contributed by atoms with Gasteiger partial charge in [-0.05, 0) is 32.4 Å². The van der Waals surface area contributed by atoms with Crippen molar-refractivity contribution in [2.24, 2.45) is 0 Å². The smallest absolute Gasteiger partial charge is 0.263 e. The number of carbonyl (C=O) groups excluding carboxylic acids is 1. The predicted octanol–water partition coefficient (Wildman–Crippen LogP) is 2.63. The van der Waals surface area contributed by atoms with Crippen LogP contribution in [-0.4, -0.2) is 18.0 Å². The van der Waals surface area contributed by atoms with Crippen molar-refractivity contribution in [3.63, 3.8) is 0 Å². The van der Waals surface area contributed by atoms with E-state index in [0.717, 1.165) is 5.56 Å². The van der Waals surface area contributed by atoms with E-state index in [9.17, 15) is 13.6 Å². The zero-order valence-electron chi connectivity index (χ0n) is 11.4. The van der Waals surface area contributed by atoms with Crippen molar-refractivity contribution in [3.8, 4) is 0 Å². The molecule has 2 N–H and O–H groups in total. The van der Waals surface area contributed by atoms with E-state index in [0.29, 0.717) is 6.54 Å². The molecule has 1 rings (SSSR count). The highest BCUT2D eigenvalue weighted by molar-refractivity contribution is 5.81. The van der Waals surface area contributed by atoms with E-state index in [1.165, 1.54) is 12.1 Å². The average Bonchev–Trinajstić information content (AvgIpc) is 2.35. The van der Waals surface area contributed by atoms with Crippen LogP contribution in [0.15, 0.2) is 24.3 Å². The Morgan fingerprint density at radius 3 is 2.53 bits per heavy atom. The molecule has 1 aromatic rings. The quantitative estimate of drug-likeness (QED) is 0.834. The lowest BCUT2D eigenvalue weighted by molar-refractivity contribution is -0.123. The van der Waals surface area contributed by atoms with Crippen LogP contribution in [0.3, 0.4) is 0 Å². The van der Waals surface area contributed by atoms with Gasteiger partial charge in [0.2, 0.25) is 5.91 Å². The molecule has 0 saturated heterocycles. The molecule has 0 aromatic heterocycles. The van der Waals surface area contributed by atoms with E-state index >= 15 is 0 Å². The summed E-state index contributed by atoms with van der Waals surface area (Å²) in [6.45, 7) is 5.90. The molecule has 0 spiro atoms. The molecule has 1 atom stereocenters. The molecule has 1 aromatic carbocycles. The molecule has 0 heterocycles. The van der Waals surface area contributed by atoms with Crippen LogP contribution in [0.5, 0.6) is 0 Å². The topological polar surface area (TPSA) is 41.1 Å². The standard InChI is InChI=1S/C14H20F2N2O/c1-9(2)18-14(19)10(3)17-8-11-5-4-6-12(7-11)13(15)16/h4-7,9-10,13,17H,8H2,1-3H3,(H,18,19). The number of benzene rings is 1. The predicted molar refractivity (Wildman–Crippen MR) is 71.0 cm³/mol. The minimum absolute atomic E-state index is 0.00131. The zero-order chi connectivity index (χ0) is 14.4. The van der Waals surface area contributed by atoms with Crippen molar-refractivity contribution in [3.05, 3.63) is 35.4 Å². The number of nitrogens with one attached hydrogen (secondary N) is 2. The summed E-state index contributed by atoms with van der Waals surface area (Å²) in [6.07, 6.45) is -2.47. The lowest BCUT2D eigenvalue weighted by atomic mass is 10.1. The second-order valence-electron chi connectivity index (χ2n) is 4.81. The summed E-state index contributed by atoms with van der Waals surface area (Å²) >= 11 is 0. The van der Waals surface area contributed by atoms with Crippen molar-refractivity contribution >= 4 is 5.91 Å². The number of amides is 1. The van der Waals surface area contributed by atoms with Gasteiger partial charge < -0.3 is 10.6 Å². The largest absolute Gasteiger partial charge is 0.353 e. The molecule has 0 bridgehead atoms. The molecule has 0 saturated carbocycles. The van der Waals surface area contributed by atoms with Gasteiger partial charge >= 0.3 is 0 Å². The average molecular weight is 270 g/mol. The van der Waals surface area contributed by atoms with Crippen molar-refractivity contribution in [2.75, 3.05) is 0 Å². The number of alkyl halides is 2. The Labute approximate surface area is 112 Å². The maximum Gasteiger partial charge on any atom is 0.263 e. The van der Waals surface area contributed by atoms with Gasteiger partial charge in [-0.25, -0.2) is 8.78 Å². The monoisotopic (exact) mass is 270 g/mol. The molecule has 0 fully saturated rings. The molecule has 0 aliphatic carbocycles. The molecule has 0 aliphatic heterocycles. The lowest BCUT2D eigenvalue weighted by Gasteiger charge is -2.16. The summed E-state index contributed by atoms with van der Waals surface area (Å²) < 4.78 is 25.1. The first-order valence-corrected chi connectivity index (χ1v) is 6.31. The maximum absolute atomic E-state index is 12.5. The number of hydrogen-bond donors (Lipinski definition) is 2. The van der Waals surface area contributed by atoms with Gasteiger partial charge in [-0.2, -0.15) is 0 Å². The fourth-order valence-electron chi connectivity index (χ4n) is 1.61. The first-order chi connectivity index (χ1) is 8.90. The van der Waals surface area contributed by atoms with Gasteiger partial charge in [-0.15, -0.1) is 0 Å². The van der Waals surface area contributed by atoms with Crippen molar-refractivity contribution in [1.29, 1.82) is 0 Å². The highest BCUT2D eigenvalue weighted by Crippen LogP contribution is 2.19. The van der Waals surface area contributed by atoms with Gasteiger partial charge in [0, 0.05) is 18.2 Å². The third-order valence-electron chi connectivity index (χ3n) is 2.64. The number of carbonyl (C=O) groups is 1. The summed E-state index contributed by atoms with van der Waals surface area (Å²) in [5.74, 6) is -0.0972. The molecule has 5 heteroatoms. The van der Waals surface area contributed by atoms with Crippen LogP contribution < -0.4 is 10.6 Å². The van der Waals surface area contributed by atoms with Gasteiger partial charge in [0.05, 0.1) is 6.04 Å². The zero-order valence-corrected chi connectivity index (χ0v) is 11.4. The summed E-state index contributed by atoms with van der Waals surface area (Å²) in [7, 11) is 0. The van der Waals surface area contributed by atoms with Crippen LogP contribution in [0.1, 0.15) is 38.3 Å². The first-order valence-electron chi connectivity index (χ1n) is 6.31. The van der Waals surface area contributed by atoms with Crippen LogP contribution in [0.25, 0.3) is 0 Å². The second kappa shape index (κ2) is 7.19. The van der Waals surface area contributed by atoms with E-state index < -0.39 is 6.43 Å². The van der Waals surface area contributed by atoms with Crippen LogP contribution in [0.4, 0.5) is 8.78 Å².